The molecule has 2 aliphatic heterocycles. The molecule has 2 saturated heterocycles. The summed E-state index contributed by atoms with van der Waals surface area (Å²) in [5.41, 5.74) is 0. The van der Waals surface area contributed by atoms with Crippen molar-refractivity contribution in [2.24, 2.45) is 0 Å². The van der Waals surface area contributed by atoms with E-state index in [-0.39, 0.29) is 12.2 Å². The van der Waals surface area contributed by atoms with Crippen LogP contribution in [0.4, 0.5) is 0 Å². The Bertz CT molecular complexity index is 190. The summed E-state index contributed by atoms with van der Waals surface area (Å²) in [6.45, 7) is 6.39. The Balaban J connectivity index is 2.00. The zero-order valence-corrected chi connectivity index (χ0v) is 9.15. The first-order valence-corrected chi connectivity index (χ1v) is 5.76. The van der Waals surface area contributed by atoms with Gasteiger partial charge in [-0.15, -0.1) is 0 Å². The molecule has 0 radical (unpaired) electrons. The second-order valence-corrected chi connectivity index (χ2v) is 4.69. The van der Waals surface area contributed by atoms with Crippen LogP contribution < -0.4 is 0 Å². The van der Waals surface area contributed by atoms with Crippen molar-refractivity contribution in [2.45, 2.75) is 57.5 Å². The summed E-state index contributed by atoms with van der Waals surface area (Å²) in [5, 5.41) is 10.0. The second-order valence-electron chi connectivity index (χ2n) is 4.69. The summed E-state index contributed by atoms with van der Waals surface area (Å²) >= 11 is 0. The monoisotopic (exact) mass is 199 g/mol. The smallest absolute Gasteiger partial charge is 0.0954 e. The van der Waals surface area contributed by atoms with Crippen molar-refractivity contribution in [2.75, 3.05) is 13.1 Å². The molecule has 0 spiro atoms. The fourth-order valence-corrected chi connectivity index (χ4v) is 2.73. The lowest BCUT2D eigenvalue weighted by Crippen LogP contribution is -2.53. The molecule has 4 atom stereocenters. The van der Waals surface area contributed by atoms with Crippen LogP contribution in [0, 0.1) is 0 Å². The number of rotatable bonds is 1. The molecule has 1 N–H and O–H groups in total. The van der Waals surface area contributed by atoms with E-state index >= 15 is 0 Å². The molecule has 2 heterocycles. The van der Waals surface area contributed by atoms with E-state index in [4.69, 9.17) is 4.74 Å². The van der Waals surface area contributed by atoms with Crippen LogP contribution in [0.5, 0.6) is 0 Å². The van der Waals surface area contributed by atoms with Crippen LogP contribution in [-0.4, -0.2) is 47.4 Å². The topological polar surface area (TPSA) is 32.7 Å². The summed E-state index contributed by atoms with van der Waals surface area (Å²) < 4.78 is 5.61. The third-order valence-electron chi connectivity index (χ3n) is 3.51. The first-order chi connectivity index (χ1) is 6.68. The number of hydrogen-bond donors (Lipinski definition) is 1. The average molecular weight is 199 g/mol. The third kappa shape index (κ3) is 1.95. The van der Waals surface area contributed by atoms with Crippen LogP contribution in [0.1, 0.15) is 33.1 Å². The highest BCUT2D eigenvalue weighted by atomic mass is 16.5. The molecular formula is C11H21NO2. The molecule has 14 heavy (non-hydrogen) atoms. The maximum atomic E-state index is 10.0. The molecule has 0 amide bonds. The van der Waals surface area contributed by atoms with Crippen molar-refractivity contribution >= 4 is 0 Å². The highest BCUT2D eigenvalue weighted by Gasteiger charge is 2.37. The zero-order valence-electron chi connectivity index (χ0n) is 9.15. The van der Waals surface area contributed by atoms with Crippen molar-refractivity contribution in [3.8, 4) is 0 Å². The Morgan fingerprint density at radius 2 is 1.86 bits per heavy atom. The zero-order chi connectivity index (χ0) is 10.1. The van der Waals surface area contributed by atoms with Crippen LogP contribution in [0.25, 0.3) is 0 Å². The standard InChI is InChI=1S/C11H21NO2/c1-8-7-10(11(13)9(2)14-8)12-5-3-4-6-12/h8-11,13H,3-7H2,1-2H3. The van der Waals surface area contributed by atoms with Crippen LogP contribution in [0.3, 0.4) is 0 Å². The highest BCUT2D eigenvalue weighted by molar-refractivity contribution is 4.90. The number of ether oxygens (including phenoxy) is 1. The van der Waals surface area contributed by atoms with Crippen molar-refractivity contribution in [1.82, 2.24) is 4.90 Å². The Morgan fingerprint density at radius 3 is 2.50 bits per heavy atom. The minimum absolute atomic E-state index is 0.00986. The van der Waals surface area contributed by atoms with Crippen molar-refractivity contribution in [3.63, 3.8) is 0 Å². The lowest BCUT2D eigenvalue weighted by molar-refractivity contribution is -0.137. The minimum Gasteiger partial charge on any atom is -0.389 e. The molecular weight excluding hydrogens is 178 g/mol. The fraction of sp³-hybridized carbons (Fsp3) is 1.00. The van der Waals surface area contributed by atoms with Crippen molar-refractivity contribution in [1.29, 1.82) is 0 Å². The molecule has 0 aromatic rings. The van der Waals surface area contributed by atoms with Gasteiger partial charge in [0, 0.05) is 6.04 Å². The van der Waals surface area contributed by atoms with E-state index in [1.807, 2.05) is 6.92 Å². The van der Waals surface area contributed by atoms with E-state index < -0.39 is 0 Å². The summed E-state index contributed by atoms with van der Waals surface area (Å²) in [6, 6.07) is 0.330. The van der Waals surface area contributed by atoms with Gasteiger partial charge in [-0.3, -0.25) is 4.90 Å². The summed E-state index contributed by atoms with van der Waals surface area (Å²) in [6.07, 6.45) is 3.53. The molecule has 82 valence electrons. The summed E-state index contributed by atoms with van der Waals surface area (Å²) in [5.74, 6) is 0. The van der Waals surface area contributed by atoms with E-state index in [1.54, 1.807) is 0 Å². The van der Waals surface area contributed by atoms with E-state index in [9.17, 15) is 5.11 Å². The van der Waals surface area contributed by atoms with Crippen LogP contribution in [0.15, 0.2) is 0 Å². The lowest BCUT2D eigenvalue weighted by Gasteiger charge is -2.41. The van der Waals surface area contributed by atoms with Crippen LogP contribution in [0.2, 0.25) is 0 Å². The Hall–Kier alpha value is -0.120. The van der Waals surface area contributed by atoms with Crippen LogP contribution in [-0.2, 0) is 4.74 Å². The molecule has 2 aliphatic rings. The molecule has 4 unspecified atom stereocenters. The van der Waals surface area contributed by atoms with Gasteiger partial charge in [-0.1, -0.05) is 0 Å². The SMILES string of the molecule is CC1CC(N2CCCC2)C(O)C(C)O1. The van der Waals surface area contributed by atoms with Crippen molar-refractivity contribution in [3.05, 3.63) is 0 Å². The number of aliphatic hydroxyl groups excluding tert-OH is 1. The molecule has 3 heteroatoms. The van der Waals surface area contributed by atoms with Gasteiger partial charge in [-0.25, -0.2) is 0 Å². The van der Waals surface area contributed by atoms with Crippen LogP contribution >= 0.6 is 0 Å². The summed E-state index contributed by atoms with van der Waals surface area (Å²) in [4.78, 5) is 2.43. The van der Waals surface area contributed by atoms with Crippen molar-refractivity contribution < 1.29 is 9.84 Å². The second kappa shape index (κ2) is 4.17. The normalized spacial score (nSPS) is 45.6. The van der Waals surface area contributed by atoms with Gasteiger partial charge in [0.15, 0.2) is 0 Å². The van der Waals surface area contributed by atoms with E-state index in [1.165, 1.54) is 12.8 Å². The maximum Gasteiger partial charge on any atom is 0.0954 e. The predicted molar refractivity (Wildman–Crippen MR) is 55.2 cm³/mol. The first-order valence-electron chi connectivity index (χ1n) is 5.76. The summed E-state index contributed by atoms with van der Waals surface area (Å²) in [7, 11) is 0. The number of aliphatic hydroxyl groups is 1. The molecule has 0 aliphatic carbocycles. The number of nitrogens with zero attached hydrogens (tertiary/aromatic N) is 1. The maximum absolute atomic E-state index is 10.0. The molecule has 2 fully saturated rings. The van der Waals surface area contributed by atoms with E-state index in [0.29, 0.717) is 12.1 Å². The van der Waals surface area contributed by atoms with Gasteiger partial charge in [-0.2, -0.15) is 0 Å². The number of hydrogen-bond acceptors (Lipinski definition) is 3. The molecule has 2 rings (SSSR count). The molecule has 0 aromatic heterocycles. The fourth-order valence-electron chi connectivity index (χ4n) is 2.73. The van der Waals surface area contributed by atoms with Gasteiger partial charge < -0.3 is 9.84 Å². The van der Waals surface area contributed by atoms with E-state index in [0.717, 1.165) is 19.5 Å². The first kappa shape index (κ1) is 10.4. The molecule has 0 aromatic carbocycles. The minimum atomic E-state index is -0.302. The average Bonchev–Trinajstić information content (AvgIpc) is 2.63. The van der Waals surface area contributed by atoms with Gasteiger partial charge >= 0.3 is 0 Å². The largest absolute Gasteiger partial charge is 0.389 e. The molecule has 3 nitrogen and oxygen atoms in total. The molecule has 0 bridgehead atoms. The van der Waals surface area contributed by atoms with Gasteiger partial charge in [-0.05, 0) is 46.2 Å². The Kier molecular flexibility index (Phi) is 3.10. The van der Waals surface area contributed by atoms with Gasteiger partial charge in [0.05, 0.1) is 18.3 Å². The predicted octanol–water partition coefficient (Wildman–Crippen LogP) is 1.01. The highest BCUT2D eigenvalue weighted by Crippen LogP contribution is 2.26. The number of likely N-dealkylation sites (tertiary alicyclic amines) is 1. The van der Waals surface area contributed by atoms with Gasteiger partial charge in [0.1, 0.15) is 0 Å². The van der Waals surface area contributed by atoms with E-state index in [2.05, 4.69) is 11.8 Å². The van der Waals surface area contributed by atoms with Gasteiger partial charge in [0.25, 0.3) is 0 Å². The third-order valence-corrected chi connectivity index (χ3v) is 3.51. The lowest BCUT2D eigenvalue weighted by atomic mass is 9.95. The van der Waals surface area contributed by atoms with Gasteiger partial charge in [0.2, 0.25) is 0 Å². The quantitative estimate of drug-likeness (QED) is 0.684. The molecule has 0 saturated carbocycles. The Morgan fingerprint density at radius 1 is 1.21 bits per heavy atom. The Labute approximate surface area is 86.0 Å².